The van der Waals surface area contributed by atoms with Gasteiger partial charge >= 0.3 is 0 Å². The number of hydrogen-bond acceptors (Lipinski definition) is 5. The number of carbonyl (C=O) groups is 3. The standard InChI is InChI=1S/C21H20N4O4/c1-14-13-23(20(27)15-6-3-2-4-7-15)10-11-24(14)21(28)18(26)17-12-22-19-16(17)8-5-9-25(19)29/h2-9,12,14,29H,10-11,13H2,1H3/t14-/m0/s1. The fourth-order valence-corrected chi connectivity index (χ4v) is 3.66. The molecule has 2 amide bonds. The van der Waals surface area contributed by atoms with Gasteiger partial charge in [-0.2, -0.15) is 4.73 Å². The van der Waals surface area contributed by atoms with Gasteiger partial charge in [-0.05, 0) is 31.2 Å². The fourth-order valence-electron chi connectivity index (χ4n) is 3.66. The lowest BCUT2D eigenvalue weighted by Gasteiger charge is -2.39. The number of rotatable bonds is 3. The Morgan fingerprint density at radius 3 is 2.55 bits per heavy atom. The lowest BCUT2D eigenvalue weighted by molar-refractivity contribution is -0.130. The zero-order valence-corrected chi connectivity index (χ0v) is 15.9. The third-order valence-electron chi connectivity index (χ3n) is 5.19. The van der Waals surface area contributed by atoms with Crippen LogP contribution in [0.4, 0.5) is 0 Å². The van der Waals surface area contributed by atoms with Gasteiger partial charge in [0.25, 0.3) is 17.6 Å². The monoisotopic (exact) mass is 392 g/mol. The zero-order chi connectivity index (χ0) is 20.5. The number of aromatic nitrogens is 2. The van der Waals surface area contributed by atoms with Crippen LogP contribution in [-0.4, -0.2) is 68.0 Å². The van der Waals surface area contributed by atoms with Crippen molar-refractivity contribution in [2.45, 2.75) is 13.0 Å². The van der Waals surface area contributed by atoms with E-state index in [4.69, 9.17) is 0 Å². The number of piperazine rings is 1. The Morgan fingerprint density at radius 1 is 1.07 bits per heavy atom. The van der Waals surface area contributed by atoms with E-state index >= 15 is 0 Å². The van der Waals surface area contributed by atoms with E-state index in [1.165, 1.54) is 17.3 Å². The molecule has 148 valence electrons. The molecule has 3 aliphatic heterocycles. The van der Waals surface area contributed by atoms with Crippen LogP contribution >= 0.6 is 0 Å². The Kier molecular flexibility index (Phi) is 4.75. The van der Waals surface area contributed by atoms with Crippen LogP contribution < -0.4 is 0 Å². The van der Waals surface area contributed by atoms with E-state index in [1.807, 2.05) is 25.1 Å². The van der Waals surface area contributed by atoms with Crippen molar-refractivity contribution in [1.82, 2.24) is 19.5 Å². The molecule has 4 rings (SSSR count). The average Bonchev–Trinajstić information content (AvgIpc) is 3.18. The van der Waals surface area contributed by atoms with E-state index in [0.29, 0.717) is 24.2 Å². The van der Waals surface area contributed by atoms with Crippen molar-refractivity contribution in [1.29, 1.82) is 0 Å². The van der Waals surface area contributed by atoms with Crippen molar-refractivity contribution in [3.63, 3.8) is 0 Å². The largest absolute Gasteiger partial charge is 0.427 e. The van der Waals surface area contributed by atoms with Gasteiger partial charge in [-0.3, -0.25) is 14.4 Å². The summed E-state index contributed by atoms with van der Waals surface area (Å²) in [6.07, 6.45) is 2.70. The Hall–Kier alpha value is -3.68. The van der Waals surface area contributed by atoms with Gasteiger partial charge in [0.05, 0.1) is 5.56 Å². The van der Waals surface area contributed by atoms with Gasteiger partial charge < -0.3 is 15.0 Å². The van der Waals surface area contributed by atoms with Crippen LogP contribution in [0.25, 0.3) is 11.4 Å². The highest BCUT2D eigenvalue weighted by Gasteiger charge is 2.35. The average molecular weight is 392 g/mol. The van der Waals surface area contributed by atoms with E-state index in [9.17, 15) is 19.6 Å². The van der Waals surface area contributed by atoms with E-state index < -0.39 is 11.7 Å². The first-order valence-corrected chi connectivity index (χ1v) is 9.32. The first-order valence-electron chi connectivity index (χ1n) is 9.32. The maximum absolute atomic E-state index is 12.9. The molecule has 0 unspecified atom stereocenters. The summed E-state index contributed by atoms with van der Waals surface area (Å²) in [5.74, 6) is -1.18. The molecule has 1 aromatic rings. The molecule has 1 N–H and O–H groups in total. The minimum atomic E-state index is -0.673. The van der Waals surface area contributed by atoms with Crippen LogP contribution in [0, 0.1) is 0 Å². The summed E-state index contributed by atoms with van der Waals surface area (Å²) < 4.78 is 0.813. The number of ketones is 1. The molecule has 29 heavy (non-hydrogen) atoms. The lowest BCUT2D eigenvalue weighted by atomic mass is 10.0. The van der Waals surface area contributed by atoms with Gasteiger partial charge in [0, 0.05) is 49.2 Å². The van der Waals surface area contributed by atoms with Gasteiger partial charge in [0.1, 0.15) is 0 Å². The van der Waals surface area contributed by atoms with Crippen molar-refractivity contribution in [3.8, 4) is 11.4 Å². The molecule has 1 saturated heterocycles. The molecule has 1 atom stereocenters. The second kappa shape index (κ2) is 7.38. The third kappa shape index (κ3) is 3.33. The van der Waals surface area contributed by atoms with Crippen LogP contribution in [0.2, 0.25) is 0 Å². The predicted molar refractivity (Wildman–Crippen MR) is 104 cm³/mol. The highest BCUT2D eigenvalue weighted by Crippen LogP contribution is 2.25. The highest BCUT2D eigenvalue weighted by atomic mass is 16.5. The number of fused-ring (bicyclic) bond motifs is 1. The number of pyridine rings is 1. The molecule has 8 heteroatoms. The fraction of sp³-hybridized carbons (Fsp3) is 0.238. The van der Waals surface area contributed by atoms with Crippen LogP contribution in [0.15, 0.2) is 54.9 Å². The summed E-state index contributed by atoms with van der Waals surface area (Å²) in [4.78, 5) is 45.5. The number of Topliss-reactive ketones (excluding diaryl/α,β-unsaturated/α-hetero) is 1. The minimum Gasteiger partial charge on any atom is -0.427 e. The molecule has 0 spiro atoms. The van der Waals surface area contributed by atoms with E-state index in [2.05, 4.69) is 4.98 Å². The number of benzene rings is 1. The summed E-state index contributed by atoms with van der Waals surface area (Å²) in [6.45, 7) is 2.80. The number of carbonyl (C=O) groups excluding carboxylic acids is 3. The number of amides is 2. The second-order valence-corrected chi connectivity index (χ2v) is 7.06. The van der Waals surface area contributed by atoms with Gasteiger partial charge in [0.2, 0.25) is 0 Å². The first-order chi connectivity index (χ1) is 14.0. The minimum absolute atomic E-state index is 0.0883. The van der Waals surface area contributed by atoms with Crippen LogP contribution in [0.3, 0.4) is 0 Å². The van der Waals surface area contributed by atoms with E-state index in [0.717, 1.165) is 4.73 Å². The molecular formula is C21H20N4O4. The summed E-state index contributed by atoms with van der Waals surface area (Å²) in [7, 11) is 0. The van der Waals surface area contributed by atoms with Crippen molar-refractivity contribution in [3.05, 3.63) is 66.0 Å². The molecule has 1 aromatic carbocycles. The lowest BCUT2D eigenvalue weighted by Crippen LogP contribution is -2.56. The summed E-state index contributed by atoms with van der Waals surface area (Å²) >= 11 is 0. The first kappa shape index (κ1) is 18.7. The molecule has 1 fully saturated rings. The Bertz CT molecular complexity index is 1050. The quantitative estimate of drug-likeness (QED) is 0.416. The van der Waals surface area contributed by atoms with Gasteiger partial charge in [-0.25, -0.2) is 4.98 Å². The summed E-state index contributed by atoms with van der Waals surface area (Å²) in [6, 6.07) is 11.9. The zero-order valence-electron chi connectivity index (χ0n) is 15.9. The van der Waals surface area contributed by atoms with E-state index in [-0.39, 0.29) is 29.9 Å². The smallest absolute Gasteiger partial charge is 0.295 e. The molecule has 3 heterocycles. The van der Waals surface area contributed by atoms with Crippen molar-refractivity contribution in [2.75, 3.05) is 19.6 Å². The van der Waals surface area contributed by atoms with Crippen LogP contribution in [-0.2, 0) is 4.79 Å². The summed E-state index contributed by atoms with van der Waals surface area (Å²) in [5.41, 5.74) is 1.17. The summed E-state index contributed by atoms with van der Waals surface area (Å²) in [5, 5.41) is 9.78. The molecule has 3 aliphatic rings. The molecule has 8 nitrogen and oxygen atoms in total. The number of nitrogens with zero attached hydrogens (tertiary/aromatic N) is 4. The van der Waals surface area contributed by atoms with Gasteiger partial charge in [0.15, 0.2) is 5.82 Å². The molecule has 0 bridgehead atoms. The predicted octanol–water partition coefficient (Wildman–Crippen LogP) is 1.78. The van der Waals surface area contributed by atoms with Crippen LogP contribution in [0.5, 0.6) is 0 Å². The van der Waals surface area contributed by atoms with E-state index in [1.54, 1.807) is 29.2 Å². The Balaban J connectivity index is 1.47. The maximum Gasteiger partial charge on any atom is 0.295 e. The second-order valence-electron chi connectivity index (χ2n) is 7.06. The molecular weight excluding hydrogens is 372 g/mol. The molecule has 0 aromatic heterocycles. The molecule has 0 aliphatic carbocycles. The third-order valence-corrected chi connectivity index (χ3v) is 5.19. The number of hydrogen-bond donors (Lipinski definition) is 1. The van der Waals surface area contributed by atoms with Gasteiger partial charge in [-0.15, -0.1) is 0 Å². The Morgan fingerprint density at radius 2 is 1.83 bits per heavy atom. The highest BCUT2D eigenvalue weighted by molar-refractivity contribution is 6.44. The topological polar surface area (TPSA) is 95.7 Å². The van der Waals surface area contributed by atoms with Crippen LogP contribution in [0.1, 0.15) is 27.6 Å². The van der Waals surface area contributed by atoms with Crippen molar-refractivity contribution < 1.29 is 19.6 Å². The Labute approximate surface area is 167 Å². The van der Waals surface area contributed by atoms with Gasteiger partial charge in [-0.1, -0.05) is 18.2 Å². The normalized spacial score (nSPS) is 16.8. The van der Waals surface area contributed by atoms with Crippen molar-refractivity contribution in [2.24, 2.45) is 0 Å². The van der Waals surface area contributed by atoms with Crippen molar-refractivity contribution >= 4 is 17.6 Å². The molecule has 0 radical (unpaired) electrons. The maximum atomic E-state index is 12.9. The SMILES string of the molecule is C[C@H]1CN(C(=O)c2ccccc2)CCN1C(=O)C(=O)c1cnc2n(O)cccc1-2. The molecule has 0 saturated carbocycles.